The third-order valence-corrected chi connectivity index (χ3v) is 14.2. The summed E-state index contributed by atoms with van der Waals surface area (Å²) in [5.41, 5.74) is 14.3. The second kappa shape index (κ2) is 17.8. The summed E-state index contributed by atoms with van der Waals surface area (Å²) in [4.78, 5) is 2.24. The molecule has 0 bridgehead atoms. The van der Waals surface area contributed by atoms with Gasteiger partial charge in [-0.15, -0.1) is 0 Å². The molecule has 12 aromatic rings. The fourth-order valence-corrected chi connectivity index (χ4v) is 10.8. The van der Waals surface area contributed by atoms with Crippen LogP contribution in [0.1, 0.15) is 34.7 Å². The molecule has 0 radical (unpaired) electrons. The molecule has 0 aliphatic heterocycles. The predicted octanol–water partition coefficient (Wildman–Crippen LogP) is 18.4. The smallest absolute Gasteiger partial charge is 0.127 e. The lowest BCUT2D eigenvalue weighted by atomic mass is 9.67. The first kappa shape index (κ1) is 37.5. The maximum atomic E-state index is 9.68. The molecule has 1 unspecified atom stereocenters. The molecule has 1 aromatic heterocycles. The van der Waals surface area contributed by atoms with Crippen LogP contribution in [0.4, 0.5) is 17.1 Å². The van der Waals surface area contributed by atoms with E-state index in [0.29, 0.717) is 11.5 Å². The largest absolute Gasteiger partial charge is 0.457 e. The van der Waals surface area contributed by atoms with Crippen molar-refractivity contribution in [2.45, 2.75) is 5.41 Å². The summed E-state index contributed by atoms with van der Waals surface area (Å²) in [6, 6.07) is 81.4. The van der Waals surface area contributed by atoms with E-state index in [9.17, 15) is 2.74 Å². The first-order chi connectivity index (χ1) is 37.7. The Hall–Kier alpha value is -9.44. The number of aromatic nitrogens is 1. The molecule has 0 saturated heterocycles. The highest BCUT2D eigenvalue weighted by atomic mass is 16.5. The Labute approximate surface area is 427 Å². The Bertz CT molecular complexity index is 4210. The summed E-state index contributed by atoms with van der Waals surface area (Å²) in [6.07, 6.45) is 1.78. The number of hydrogen-bond acceptors (Lipinski definition) is 2. The van der Waals surface area contributed by atoms with Crippen LogP contribution < -0.4 is 9.64 Å². The summed E-state index contributed by atoms with van der Waals surface area (Å²) >= 11 is 0. The standard InChI is InChI=1S/C69H48N2O/c1-2-48-26-40-59(41-27-48)72-60-42-33-54(34-43-60)69(53-18-8-4-9-19-53)65-24-14-12-22-61(65)62-44-39-58(47-66(62)69)70(56-35-28-50(29-36-56)49-16-6-3-7-17-49)57-37-30-51(31-38-57)52-32-45-68-64(46-52)63-23-13-15-25-67(63)71(68)55-20-10-5-11-21-55/h2-47H,1H2/i4D,8D,9D,18D,19D. The number of fused-ring (bicyclic) bond motifs is 6. The van der Waals surface area contributed by atoms with Crippen molar-refractivity contribution < 1.29 is 11.6 Å². The van der Waals surface area contributed by atoms with Crippen LogP contribution in [-0.2, 0) is 5.41 Å². The molecule has 13 rings (SSSR count). The van der Waals surface area contributed by atoms with Gasteiger partial charge in [0, 0.05) is 33.5 Å². The Morgan fingerprint density at radius 1 is 0.431 bits per heavy atom. The van der Waals surface area contributed by atoms with Crippen LogP contribution in [-0.4, -0.2) is 4.57 Å². The highest BCUT2D eigenvalue weighted by molar-refractivity contribution is 6.10. The van der Waals surface area contributed by atoms with Gasteiger partial charge >= 0.3 is 0 Å². The number of rotatable bonds is 11. The monoisotopic (exact) mass is 925 g/mol. The van der Waals surface area contributed by atoms with E-state index in [4.69, 9.17) is 8.85 Å². The third kappa shape index (κ3) is 7.21. The fourth-order valence-electron chi connectivity index (χ4n) is 10.8. The lowest BCUT2D eigenvalue weighted by Crippen LogP contribution is -2.28. The molecule has 3 nitrogen and oxygen atoms in total. The van der Waals surface area contributed by atoms with Gasteiger partial charge in [-0.2, -0.15) is 0 Å². The highest BCUT2D eigenvalue weighted by Gasteiger charge is 2.46. The summed E-state index contributed by atoms with van der Waals surface area (Å²) in [5.74, 6) is 1.24. The minimum absolute atomic E-state index is 0.174. The van der Waals surface area contributed by atoms with Crippen LogP contribution in [0.3, 0.4) is 0 Å². The maximum Gasteiger partial charge on any atom is 0.127 e. The predicted molar refractivity (Wildman–Crippen MR) is 300 cm³/mol. The van der Waals surface area contributed by atoms with Crippen LogP contribution in [0.5, 0.6) is 11.5 Å². The lowest BCUT2D eigenvalue weighted by Gasteiger charge is -2.35. The van der Waals surface area contributed by atoms with Crippen LogP contribution in [0, 0.1) is 0 Å². The maximum absolute atomic E-state index is 9.68. The zero-order chi connectivity index (χ0) is 52.4. The molecule has 0 fully saturated rings. The minimum Gasteiger partial charge on any atom is -0.457 e. The molecule has 1 atom stereocenters. The first-order valence-electron chi connectivity index (χ1n) is 26.7. The van der Waals surface area contributed by atoms with Crippen LogP contribution in [0.25, 0.3) is 66.9 Å². The van der Waals surface area contributed by atoms with Gasteiger partial charge in [-0.25, -0.2) is 0 Å². The Morgan fingerprint density at radius 2 is 0.986 bits per heavy atom. The molecular weight excluding hydrogens is 873 g/mol. The molecule has 0 saturated carbocycles. The van der Waals surface area contributed by atoms with E-state index in [1.54, 1.807) is 6.08 Å². The second-order valence-electron chi connectivity index (χ2n) is 18.1. The van der Waals surface area contributed by atoms with Crippen molar-refractivity contribution in [3.8, 4) is 50.6 Å². The normalized spacial score (nSPS) is 14.6. The van der Waals surface area contributed by atoms with Gasteiger partial charge in [-0.3, -0.25) is 0 Å². The Balaban J connectivity index is 0.985. The van der Waals surface area contributed by atoms with Gasteiger partial charge in [0.2, 0.25) is 0 Å². The number of ether oxygens (including phenoxy) is 1. The number of nitrogens with zero attached hydrogens (tertiary/aromatic N) is 2. The van der Waals surface area contributed by atoms with Gasteiger partial charge in [0.25, 0.3) is 0 Å². The molecule has 11 aromatic carbocycles. The number of para-hydroxylation sites is 2. The summed E-state index contributed by atoms with van der Waals surface area (Å²) in [6.45, 7) is 3.87. The average molecular weight is 926 g/mol. The number of anilines is 3. The Morgan fingerprint density at radius 3 is 1.69 bits per heavy atom. The van der Waals surface area contributed by atoms with Crippen molar-refractivity contribution in [1.82, 2.24) is 4.57 Å². The number of benzene rings is 11. The summed E-state index contributed by atoms with van der Waals surface area (Å²) < 4.78 is 54.9. The third-order valence-electron chi connectivity index (χ3n) is 14.2. The van der Waals surface area contributed by atoms with Gasteiger partial charge in [0.1, 0.15) is 11.5 Å². The van der Waals surface area contributed by atoms with Crippen LogP contribution >= 0.6 is 0 Å². The van der Waals surface area contributed by atoms with Crippen molar-refractivity contribution in [2.24, 2.45) is 0 Å². The molecule has 1 aliphatic carbocycles. The van der Waals surface area contributed by atoms with Crippen molar-refractivity contribution in [2.75, 3.05) is 4.90 Å². The highest BCUT2D eigenvalue weighted by Crippen LogP contribution is 2.57. The Kier molecular flexibility index (Phi) is 9.27. The van der Waals surface area contributed by atoms with Crippen LogP contribution in [0.2, 0.25) is 0 Å². The van der Waals surface area contributed by atoms with E-state index in [0.717, 1.165) is 89.4 Å². The van der Waals surface area contributed by atoms with E-state index in [1.165, 1.54) is 10.8 Å². The second-order valence-corrected chi connectivity index (χ2v) is 18.1. The molecule has 3 heteroatoms. The first-order valence-corrected chi connectivity index (χ1v) is 24.2. The van der Waals surface area contributed by atoms with E-state index in [2.05, 4.69) is 168 Å². The molecule has 72 heavy (non-hydrogen) atoms. The van der Waals surface area contributed by atoms with Gasteiger partial charge in [0.05, 0.1) is 23.3 Å². The van der Waals surface area contributed by atoms with Crippen molar-refractivity contribution >= 4 is 44.9 Å². The molecule has 340 valence electrons. The molecule has 0 N–H and O–H groups in total. The zero-order valence-corrected chi connectivity index (χ0v) is 39.2. The average Bonchev–Trinajstić information content (AvgIpc) is 4.19. The van der Waals surface area contributed by atoms with Gasteiger partial charge in [-0.1, -0.05) is 195 Å². The molecular formula is C69H48N2O. The van der Waals surface area contributed by atoms with Crippen molar-refractivity contribution in [1.29, 1.82) is 0 Å². The van der Waals surface area contributed by atoms with Crippen molar-refractivity contribution in [3.05, 3.63) is 307 Å². The molecule has 1 aliphatic rings. The molecule has 0 amide bonds. The summed E-state index contributed by atoms with van der Waals surface area (Å²) in [5, 5.41) is 2.36. The van der Waals surface area contributed by atoms with Gasteiger partial charge in [0.15, 0.2) is 0 Å². The van der Waals surface area contributed by atoms with E-state index in [1.807, 2.05) is 91.0 Å². The lowest BCUT2D eigenvalue weighted by molar-refractivity contribution is 0.482. The molecule has 0 spiro atoms. The van der Waals surface area contributed by atoms with Crippen LogP contribution in [0.15, 0.2) is 279 Å². The van der Waals surface area contributed by atoms with E-state index in [-0.39, 0.29) is 17.6 Å². The number of hydrogen-bond donors (Lipinski definition) is 0. The van der Waals surface area contributed by atoms with Gasteiger partial charge in [-0.05, 0) is 152 Å². The zero-order valence-electron chi connectivity index (χ0n) is 44.2. The van der Waals surface area contributed by atoms with E-state index < -0.39 is 23.5 Å². The topological polar surface area (TPSA) is 17.4 Å². The van der Waals surface area contributed by atoms with E-state index >= 15 is 0 Å². The van der Waals surface area contributed by atoms with Gasteiger partial charge < -0.3 is 14.2 Å². The summed E-state index contributed by atoms with van der Waals surface area (Å²) in [7, 11) is 0. The van der Waals surface area contributed by atoms with Crippen molar-refractivity contribution in [3.63, 3.8) is 0 Å². The molecule has 1 heterocycles. The quantitative estimate of drug-likeness (QED) is 0.129. The minimum atomic E-state index is -1.37. The SMILES string of the molecule is [2H]c1c([2H])c([2H])c(C2(c3ccc(Oc4ccc(C=C)cc4)cc3)c3ccccc3-c3ccc(N(c4ccc(-c5ccccc5)cc4)c4ccc(-c5ccc6c(c5)c5ccccc5n6-c5ccccc5)cc4)cc32)c([2H])c1[2H]. The fraction of sp³-hybridized carbons (Fsp3) is 0.0145.